The Bertz CT molecular complexity index is 813. The maximum absolute atomic E-state index is 13.6. The quantitative estimate of drug-likeness (QED) is 0.310. The van der Waals surface area contributed by atoms with Crippen LogP contribution in [0.5, 0.6) is 0 Å². The zero-order chi connectivity index (χ0) is 25.3. The SMILES string of the molecule is NC1(N)C=C(C(F)(F)F)C(=C2C(C(F)(F)F)=CC(N)(N)C=C2C(F)(F)F)C(C(F)(F)F)=C1. The molecule has 2 rings (SSSR count). The van der Waals surface area contributed by atoms with E-state index in [1.165, 1.54) is 0 Å². The van der Waals surface area contributed by atoms with Gasteiger partial charge in [-0.2, -0.15) is 52.7 Å². The molecule has 0 aromatic carbocycles. The molecule has 0 saturated heterocycles. The van der Waals surface area contributed by atoms with Crippen LogP contribution in [0.3, 0.4) is 0 Å². The predicted molar refractivity (Wildman–Crippen MR) is 85.8 cm³/mol. The third-order valence-corrected chi connectivity index (χ3v) is 4.13. The number of halogens is 12. The van der Waals surface area contributed by atoms with Crippen molar-refractivity contribution in [2.75, 3.05) is 0 Å². The first-order valence-electron chi connectivity index (χ1n) is 7.98. The third kappa shape index (κ3) is 5.19. The lowest BCUT2D eigenvalue weighted by Crippen LogP contribution is -2.51. The van der Waals surface area contributed by atoms with Gasteiger partial charge in [-0.25, -0.2) is 0 Å². The molecule has 0 aliphatic heterocycles. The van der Waals surface area contributed by atoms with Gasteiger partial charge < -0.3 is 22.9 Å². The van der Waals surface area contributed by atoms with Crippen LogP contribution in [0.15, 0.2) is 57.7 Å². The molecule has 32 heavy (non-hydrogen) atoms. The zero-order valence-corrected chi connectivity index (χ0v) is 15.2. The van der Waals surface area contributed by atoms with Crippen molar-refractivity contribution in [3.05, 3.63) is 57.7 Å². The van der Waals surface area contributed by atoms with Crippen molar-refractivity contribution >= 4 is 0 Å². The summed E-state index contributed by atoms with van der Waals surface area (Å²) in [7, 11) is 0. The average molecular weight is 488 g/mol. The molecule has 0 fully saturated rings. The second-order valence-electron chi connectivity index (χ2n) is 6.97. The van der Waals surface area contributed by atoms with Crippen LogP contribution in [0.25, 0.3) is 0 Å². The molecule has 2 aliphatic carbocycles. The fourth-order valence-corrected chi connectivity index (χ4v) is 3.10. The highest BCUT2D eigenvalue weighted by molar-refractivity contribution is 5.70. The van der Waals surface area contributed by atoms with Gasteiger partial charge >= 0.3 is 24.7 Å². The summed E-state index contributed by atoms with van der Waals surface area (Å²) in [6.45, 7) is 0. The summed E-state index contributed by atoms with van der Waals surface area (Å²) in [6.07, 6.45) is -24.9. The van der Waals surface area contributed by atoms with Gasteiger partial charge in [0, 0.05) is 11.1 Å². The minimum atomic E-state index is -5.90. The summed E-state index contributed by atoms with van der Waals surface area (Å²) in [5.74, 6) is 0. The summed E-state index contributed by atoms with van der Waals surface area (Å²) in [4.78, 5) is 0. The first-order chi connectivity index (χ1) is 13.9. The lowest BCUT2D eigenvalue weighted by Gasteiger charge is -2.36. The van der Waals surface area contributed by atoms with E-state index < -0.39 is 69.5 Å². The van der Waals surface area contributed by atoms with Crippen molar-refractivity contribution in [2.24, 2.45) is 22.9 Å². The Balaban J connectivity index is 3.20. The summed E-state index contributed by atoms with van der Waals surface area (Å²) < 4.78 is 163. The monoisotopic (exact) mass is 488 g/mol. The number of hydrogen-bond donors (Lipinski definition) is 4. The second kappa shape index (κ2) is 7.10. The highest BCUT2D eigenvalue weighted by atomic mass is 19.4. The maximum atomic E-state index is 13.6. The number of allylic oxidation sites excluding steroid dienone is 6. The highest BCUT2D eigenvalue weighted by Gasteiger charge is 2.55. The van der Waals surface area contributed by atoms with Crippen molar-refractivity contribution in [2.45, 2.75) is 36.0 Å². The smallest absolute Gasteiger partial charge is 0.307 e. The van der Waals surface area contributed by atoms with E-state index in [4.69, 9.17) is 22.9 Å². The van der Waals surface area contributed by atoms with Crippen LogP contribution in [0, 0.1) is 0 Å². The van der Waals surface area contributed by atoms with Gasteiger partial charge in [0.1, 0.15) is 11.3 Å². The molecule has 0 amide bonds. The molecular weight excluding hydrogens is 476 g/mol. The fourth-order valence-electron chi connectivity index (χ4n) is 3.10. The summed E-state index contributed by atoms with van der Waals surface area (Å²) in [6, 6.07) is 0. The minimum absolute atomic E-state index is 0.320. The van der Waals surface area contributed by atoms with Crippen LogP contribution in [0.1, 0.15) is 0 Å². The van der Waals surface area contributed by atoms with E-state index in [9.17, 15) is 52.7 Å². The number of rotatable bonds is 0. The van der Waals surface area contributed by atoms with Crippen molar-refractivity contribution in [1.29, 1.82) is 0 Å². The van der Waals surface area contributed by atoms with Crippen LogP contribution in [0.2, 0.25) is 0 Å². The van der Waals surface area contributed by atoms with Crippen molar-refractivity contribution in [3.8, 4) is 0 Å². The molecule has 0 heterocycles. The van der Waals surface area contributed by atoms with Crippen LogP contribution < -0.4 is 22.9 Å². The van der Waals surface area contributed by atoms with E-state index in [-0.39, 0.29) is 24.3 Å². The molecular formula is C16H12F12N4. The Hall–Kier alpha value is -2.30. The van der Waals surface area contributed by atoms with Gasteiger partial charge in [0.2, 0.25) is 0 Å². The molecule has 2 aliphatic rings. The molecule has 0 saturated carbocycles. The molecule has 0 aromatic heterocycles. The van der Waals surface area contributed by atoms with Crippen LogP contribution in [-0.2, 0) is 0 Å². The Labute approximate surface area is 170 Å². The lowest BCUT2D eigenvalue weighted by atomic mass is 9.76. The van der Waals surface area contributed by atoms with E-state index in [0.29, 0.717) is 0 Å². The first-order valence-corrected chi connectivity index (χ1v) is 7.98. The van der Waals surface area contributed by atoms with Gasteiger partial charge in [0.25, 0.3) is 0 Å². The molecule has 0 spiro atoms. The van der Waals surface area contributed by atoms with Gasteiger partial charge in [0.05, 0.1) is 22.3 Å². The van der Waals surface area contributed by atoms with Gasteiger partial charge in [-0.3, -0.25) is 0 Å². The molecule has 8 N–H and O–H groups in total. The average Bonchev–Trinajstić information content (AvgIpc) is 2.49. The largest absolute Gasteiger partial charge is 0.416 e. The van der Waals surface area contributed by atoms with E-state index in [2.05, 4.69) is 0 Å². The summed E-state index contributed by atoms with van der Waals surface area (Å²) >= 11 is 0. The van der Waals surface area contributed by atoms with Gasteiger partial charge in [0.15, 0.2) is 0 Å². The standard InChI is InChI=1S/C16H12F12N4/c17-13(18,19)5-1-11(29,30)2-6(14(20,21)22)9(5)10-7(15(23,24)25)3-12(31,32)4-8(10)16(26,27)28/h1-4H,29-32H2. The van der Waals surface area contributed by atoms with Crippen LogP contribution in [-0.4, -0.2) is 36.0 Å². The molecule has 4 nitrogen and oxygen atoms in total. The Morgan fingerprint density at radius 2 is 0.562 bits per heavy atom. The normalized spacial score (nSPS) is 22.2. The fraction of sp³-hybridized carbons (Fsp3) is 0.375. The zero-order valence-electron chi connectivity index (χ0n) is 15.2. The van der Waals surface area contributed by atoms with Crippen molar-refractivity contribution < 1.29 is 52.7 Å². The minimum Gasteiger partial charge on any atom is -0.307 e. The van der Waals surface area contributed by atoms with Crippen LogP contribution in [0.4, 0.5) is 52.7 Å². The topological polar surface area (TPSA) is 104 Å². The predicted octanol–water partition coefficient (Wildman–Crippen LogP) is 3.49. The van der Waals surface area contributed by atoms with Crippen molar-refractivity contribution in [3.63, 3.8) is 0 Å². The second-order valence-corrected chi connectivity index (χ2v) is 6.97. The van der Waals surface area contributed by atoms with Crippen LogP contribution >= 0.6 is 0 Å². The molecule has 0 bridgehead atoms. The van der Waals surface area contributed by atoms with Gasteiger partial charge in [-0.05, 0) is 24.3 Å². The van der Waals surface area contributed by atoms with E-state index >= 15 is 0 Å². The Morgan fingerprint density at radius 3 is 0.688 bits per heavy atom. The molecule has 0 atom stereocenters. The highest BCUT2D eigenvalue weighted by Crippen LogP contribution is 2.53. The Morgan fingerprint density at radius 1 is 0.406 bits per heavy atom. The summed E-state index contributed by atoms with van der Waals surface area (Å²) in [5.41, 5.74) is -0.725. The van der Waals surface area contributed by atoms with Gasteiger partial charge in [-0.1, -0.05) is 0 Å². The van der Waals surface area contributed by atoms with Crippen molar-refractivity contribution in [1.82, 2.24) is 0 Å². The van der Waals surface area contributed by atoms with E-state index in [1.54, 1.807) is 0 Å². The molecule has 180 valence electrons. The molecule has 16 heteroatoms. The lowest BCUT2D eigenvalue weighted by molar-refractivity contribution is -0.105. The number of alkyl halides is 12. The maximum Gasteiger partial charge on any atom is 0.416 e. The van der Waals surface area contributed by atoms with Gasteiger partial charge in [-0.15, -0.1) is 0 Å². The third-order valence-electron chi connectivity index (χ3n) is 4.13. The summed E-state index contributed by atoms with van der Waals surface area (Å²) in [5, 5.41) is 0. The van der Waals surface area contributed by atoms with E-state index in [0.717, 1.165) is 0 Å². The number of hydrogen-bond acceptors (Lipinski definition) is 4. The van der Waals surface area contributed by atoms with E-state index in [1.807, 2.05) is 0 Å². The Kier molecular flexibility index (Phi) is 5.76. The molecule has 0 radical (unpaired) electrons. The number of nitrogens with two attached hydrogens (primary N) is 4. The first kappa shape index (κ1) is 26.0. The molecule has 0 unspecified atom stereocenters. The molecule has 0 aromatic rings.